The maximum atomic E-state index is 12.4. The summed E-state index contributed by atoms with van der Waals surface area (Å²) in [4.78, 5) is 12.4. The van der Waals surface area contributed by atoms with Crippen molar-refractivity contribution in [3.63, 3.8) is 0 Å². The number of hydrogen-bond donors (Lipinski definition) is 1. The van der Waals surface area contributed by atoms with Crippen molar-refractivity contribution >= 4 is 5.78 Å². The van der Waals surface area contributed by atoms with Gasteiger partial charge in [0.05, 0.1) is 13.7 Å². The van der Waals surface area contributed by atoms with Crippen LogP contribution >= 0.6 is 0 Å². The molecule has 0 aliphatic carbocycles. The fourth-order valence-electron chi connectivity index (χ4n) is 2.26. The van der Waals surface area contributed by atoms with Crippen LogP contribution in [0.15, 0.2) is 18.2 Å². The van der Waals surface area contributed by atoms with E-state index in [4.69, 9.17) is 9.47 Å². The first-order valence-corrected chi connectivity index (χ1v) is 6.68. The number of rotatable bonds is 4. The zero-order valence-corrected chi connectivity index (χ0v) is 11.7. The molecule has 1 aromatic rings. The Labute approximate surface area is 114 Å². The summed E-state index contributed by atoms with van der Waals surface area (Å²) in [7, 11) is 1.65. The largest absolute Gasteiger partial charge is 0.496 e. The van der Waals surface area contributed by atoms with E-state index in [9.17, 15) is 4.79 Å². The van der Waals surface area contributed by atoms with E-state index in [0.717, 1.165) is 17.9 Å². The minimum atomic E-state index is -0.373. The number of ketones is 1. The second kappa shape index (κ2) is 6.17. The van der Waals surface area contributed by atoms with Crippen LogP contribution in [0.2, 0.25) is 0 Å². The fourth-order valence-corrected chi connectivity index (χ4v) is 2.26. The Bertz CT molecular complexity index is 451. The summed E-state index contributed by atoms with van der Waals surface area (Å²) < 4.78 is 10.8. The first-order chi connectivity index (χ1) is 9.13. The van der Waals surface area contributed by atoms with Gasteiger partial charge in [0.25, 0.3) is 0 Å². The molecular weight excluding hydrogens is 242 g/mol. The molecule has 1 N–H and O–H groups in total. The SMILES string of the molecule is COc1ccc(C(=O)C2CNCCO2)cc1C(C)C. The van der Waals surface area contributed by atoms with Crippen molar-refractivity contribution in [3.8, 4) is 5.75 Å². The molecule has 1 saturated heterocycles. The van der Waals surface area contributed by atoms with Crippen LogP contribution in [0.25, 0.3) is 0 Å². The van der Waals surface area contributed by atoms with E-state index in [1.807, 2.05) is 18.2 Å². The third kappa shape index (κ3) is 3.14. The number of carbonyl (C=O) groups is 1. The Kier molecular flexibility index (Phi) is 4.56. The van der Waals surface area contributed by atoms with E-state index in [0.29, 0.717) is 24.6 Å². The van der Waals surface area contributed by atoms with Gasteiger partial charge in [-0.3, -0.25) is 4.79 Å². The lowest BCUT2D eigenvalue weighted by Crippen LogP contribution is -2.43. The van der Waals surface area contributed by atoms with E-state index < -0.39 is 0 Å². The van der Waals surface area contributed by atoms with Gasteiger partial charge in [0.2, 0.25) is 0 Å². The topological polar surface area (TPSA) is 47.6 Å². The molecule has 0 spiro atoms. The first-order valence-electron chi connectivity index (χ1n) is 6.68. The molecule has 1 aromatic carbocycles. The molecule has 1 heterocycles. The van der Waals surface area contributed by atoms with Gasteiger partial charge in [-0.2, -0.15) is 0 Å². The van der Waals surface area contributed by atoms with E-state index in [2.05, 4.69) is 19.2 Å². The second-order valence-corrected chi connectivity index (χ2v) is 5.04. The number of ether oxygens (including phenoxy) is 2. The summed E-state index contributed by atoms with van der Waals surface area (Å²) in [5, 5.41) is 3.17. The minimum Gasteiger partial charge on any atom is -0.496 e. The Balaban J connectivity index is 2.24. The molecule has 19 heavy (non-hydrogen) atoms. The molecule has 1 unspecified atom stereocenters. The molecule has 4 heteroatoms. The van der Waals surface area contributed by atoms with Crippen molar-refractivity contribution in [1.29, 1.82) is 0 Å². The van der Waals surface area contributed by atoms with Gasteiger partial charge in [-0.05, 0) is 29.7 Å². The first kappa shape index (κ1) is 14.0. The Morgan fingerprint density at radius 3 is 2.84 bits per heavy atom. The summed E-state index contributed by atoms with van der Waals surface area (Å²) in [5.74, 6) is 1.18. The van der Waals surface area contributed by atoms with Crippen LogP contribution in [0.4, 0.5) is 0 Å². The number of carbonyl (C=O) groups excluding carboxylic acids is 1. The Morgan fingerprint density at radius 1 is 1.47 bits per heavy atom. The number of Topliss-reactive ketones (excluding diaryl/α,β-unsaturated/α-hetero) is 1. The Hall–Kier alpha value is -1.39. The van der Waals surface area contributed by atoms with Gasteiger partial charge in [-0.25, -0.2) is 0 Å². The van der Waals surface area contributed by atoms with Crippen LogP contribution in [0.1, 0.15) is 35.7 Å². The van der Waals surface area contributed by atoms with Crippen LogP contribution < -0.4 is 10.1 Å². The highest BCUT2D eigenvalue weighted by Gasteiger charge is 2.24. The van der Waals surface area contributed by atoms with Crippen molar-refractivity contribution in [3.05, 3.63) is 29.3 Å². The normalized spacial score (nSPS) is 19.5. The van der Waals surface area contributed by atoms with Crippen molar-refractivity contribution in [2.45, 2.75) is 25.9 Å². The molecular formula is C15H21NO3. The summed E-state index contributed by atoms with van der Waals surface area (Å²) >= 11 is 0. The van der Waals surface area contributed by atoms with E-state index >= 15 is 0 Å². The number of nitrogens with one attached hydrogen (secondary N) is 1. The van der Waals surface area contributed by atoms with Gasteiger partial charge < -0.3 is 14.8 Å². The summed E-state index contributed by atoms with van der Waals surface area (Å²) in [6, 6.07) is 5.59. The molecule has 1 atom stereocenters. The molecule has 0 aromatic heterocycles. The van der Waals surface area contributed by atoms with Gasteiger partial charge in [-0.1, -0.05) is 13.8 Å². The highest BCUT2D eigenvalue weighted by molar-refractivity contribution is 6.00. The second-order valence-electron chi connectivity index (χ2n) is 5.04. The van der Waals surface area contributed by atoms with Crippen LogP contribution in [0.5, 0.6) is 5.75 Å². The zero-order chi connectivity index (χ0) is 13.8. The Morgan fingerprint density at radius 2 is 2.26 bits per heavy atom. The monoisotopic (exact) mass is 263 g/mol. The molecule has 0 amide bonds. The lowest BCUT2D eigenvalue weighted by atomic mass is 9.96. The maximum Gasteiger partial charge on any atom is 0.192 e. The summed E-state index contributed by atoms with van der Waals surface area (Å²) in [6.07, 6.45) is -0.373. The molecule has 1 fully saturated rings. The fraction of sp³-hybridized carbons (Fsp3) is 0.533. The average Bonchev–Trinajstić information content (AvgIpc) is 2.46. The highest BCUT2D eigenvalue weighted by Crippen LogP contribution is 2.27. The van der Waals surface area contributed by atoms with Gasteiger partial charge in [0.1, 0.15) is 11.9 Å². The van der Waals surface area contributed by atoms with E-state index in [1.54, 1.807) is 7.11 Å². The van der Waals surface area contributed by atoms with Crippen molar-refractivity contribution in [1.82, 2.24) is 5.32 Å². The van der Waals surface area contributed by atoms with Crippen LogP contribution in [-0.4, -0.2) is 38.7 Å². The highest BCUT2D eigenvalue weighted by atomic mass is 16.5. The number of methoxy groups -OCH3 is 1. The van der Waals surface area contributed by atoms with Gasteiger partial charge in [0, 0.05) is 18.7 Å². The standard InChI is InChI=1S/C15H21NO3/c1-10(2)12-8-11(4-5-13(12)18-3)15(17)14-9-16-6-7-19-14/h4-5,8,10,14,16H,6-7,9H2,1-3H3. The molecule has 0 radical (unpaired) electrons. The quantitative estimate of drug-likeness (QED) is 0.844. The van der Waals surface area contributed by atoms with Crippen LogP contribution in [-0.2, 0) is 4.74 Å². The van der Waals surface area contributed by atoms with Crippen molar-refractivity contribution in [2.75, 3.05) is 26.8 Å². The number of morpholine rings is 1. The average molecular weight is 263 g/mol. The van der Waals surface area contributed by atoms with Crippen molar-refractivity contribution < 1.29 is 14.3 Å². The molecule has 104 valence electrons. The molecule has 4 nitrogen and oxygen atoms in total. The predicted octanol–water partition coefficient (Wildman–Crippen LogP) is 1.99. The minimum absolute atomic E-state index is 0.0387. The summed E-state index contributed by atoms with van der Waals surface area (Å²) in [5.41, 5.74) is 1.75. The zero-order valence-electron chi connectivity index (χ0n) is 11.7. The van der Waals surface area contributed by atoms with Crippen LogP contribution in [0, 0.1) is 0 Å². The maximum absolute atomic E-state index is 12.4. The summed E-state index contributed by atoms with van der Waals surface area (Å²) in [6.45, 7) is 6.16. The lowest BCUT2D eigenvalue weighted by Gasteiger charge is -2.23. The molecule has 1 aliphatic heterocycles. The van der Waals surface area contributed by atoms with Gasteiger partial charge in [-0.15, -0.1) is 0 Å². The van der Waals surface area contributed by atoms with E-state index in [1.165, 1.54) is 0 Å². The third-order valence-corrected chi connectivity index (χ3v) is 3.36. The van der Waals surface area contributed by atoms with Gasteiger partial charge in [0.15, 0.2) is 5.78 Å². The smallest absolute Gasteiger partial charge is 0.192 e. The molecule has 0 saturated carbocycles. The molecule has 1 aliphatic rings. The van der Waals surface area contributed by atoms with Crippen molar-refractivity contribution in [2.24, 2.45) is 0 Å². The predicted molar refractivity (Wildman–Crippen MR) is 74.0 cm³/mol. The lowest BCUT2D eigenvalue weighted by molar-refractivity contribution is 0.0269. The van der Waals surface area contributed by atoms with Crippen LogP contribution in [0.3, 0.4) is 0 Å². The molecule has 2 rings (SSSR count). The van der Waals surface area contributed by atoms with Gasteiger partial charge >= 0.3 is 0 Å². The number of benzene rings is 1. The van der Waals surface area contributed by atoms with E-state index in [-0.39, 0.29) is 11.9 Å². The number of hydrogen-bond acceptors (Lipinski definition) is 4. The third-order valence-electron chi connectivity index (χ3n) is 3.36. The molecule has 0 bridgehead atoms.